The number of nitrogens with two attached hydrogens (primary N) is 1. The molecule has 0 saturated carbocycles. The van der Waals surface area contributed by atoms with Gasteiger partial charge in [-0.3, -0.25) is 4.90 Å². The largest absolute Gasteiger partial charge is 0.504 e. The highest BCUT2D eigenvalue weighted by Gasteiger charge is 2.69. The maximum Gasteiger partial charge on any atom is 0.165 e. The number of hydrogen-bond acceptors (Lipinski definition) is 6. The highest BCUT2D eigenvalue weighted by molar-refractivity contribution is 5.62. The van der Waals surface area contributed by atoms with Gasteiger partial charge in [0.05, 0.1) is 12.0 Å². The fourth-order valence-electron chi connectivity index (χ4n) is 5.73. The number of rotatable bonds is 3. The molecule has 1 spiro atoms. The Kier molecular flexibility index (Phi) is 3.11. The summed E-state index contributed by atoms with van der Waals surface area (Å²) in [4.78, 5) is 2.28. The molecule has 6 nitrogen and oxygen atoms in total. The smallest absolute Gasteiger partial charge is 0.165 e. The number of likely N-dealkylation sites (tertiary alicyclic amines) is 1. The first-order chi connectivity index (χ1) is 12.0. The topological polar surface area (TPSA) is 88.2 Å². The summed E-state index contributed by atoms with van der Waals surface area (Å²) in [6, 6.07) is 3.66. The zero-order valence-corrected chi connectivity index (χ0v) is 14.3. The number of likely N-dealkylation sites (N-methyl/N-ethyl adjacent to an activating group) is 1. The van der Waals surface area contributed by atoms with Crippen LogP contribution < -0.4 is 10.5 Å². The van der Waals surface area contributed by atoms with Gasteiger partial charge in [-0.1, -0.05) is 18.2 Å². The van der Waals surface area contributed by atoms with Crippen LogP contribution in [0.3, 0.4) is 0 Å². The molecule has 5 atom stereocenters. The van der Waals surface area contributed by atoms with E-state index in [1.165, 1.54) is 0 Å². The van der Waals surface area contributed by atoms with Crippen molar-refractivity contribution in [1.82, 2.24) is 4.90 Å². The molecule has 134 valence electrons. The van der Waals surface area contributed by atoms with E-state index in [2.05, 4.69) is 18.0 Å². The van der Waals surface area contributed by atoms with Gasteiger partial charge >= 0.3 is 0 Å². The summed E-state index contributed by atoms with van der Waals surface area (Å²) in [5, 5.41) is 21.0. The molecule has 2 aliphatic heterocycles. The van der Waals surface area contributed by atoms with E-state index in [0.29, 0.717) is 18.9 Å². The summed E-state index contributed by atoms with van der Waals surface area (Å²) in [5.74, 6) is 0.754. The van der Waals surface area contributed by atoms with E-state index < -0.39 is 11.8 Å². The lowest BCUT2D eigenvalue weighted by molar-refractivity contribution is -0.225. The minimum Gasteiger partial charge on any atom is -0.504 e. The van der Waals surface area contributed by atoms with Crippen LogP contribution in [0.4, 0.5) is 0 Å². The number of aliphatic hydroxyl groups excluding tert-OH is 1. The maximum absolute atomic E-state index is 10.6. The van der Waals surface area contributed by atoms with Crippen LogP contribution >= 0.6 is 0 Å². The number of piperidine rings is 1. The van der Waals surface area contributed by atoms with Crippen LogP contribution in [0.1, 0.15) is 17.5 Å². The van der Waals surface area contributed by atoms with Crippen LogP contribution in [0, 0.1) is 5.92 Å². The lowest BCUT2D eigenvalue weighted by atomic mass is 9.52. The molecule has 5 rings (SSSR count). The van der Waals surface area contributed by atoms with Crippen molar-refractivity contribution in [3.63, 3.8) is 0 Å². The predicted octanol–water partition coefficient (Wildman–Crippen LogP) is 0.501. The second-order valence-electron chi connectivity index (χ2n) is 7.71. The van der Waals surface area contributed by atoms with Crippen molar-refractivity contribution >= 4 is 0 Å². The third-order valence-corrected chi connectivity index (χ3v) is 6.71. The van der Waals surface area contributed by atoms with Crippen molar-refractivity contribution in [3.8, 4) is 11.5 Å². The van der Waals surface area contributed by atoms with Gasteiger partial charge in [0.25, 0.3) is 0 Å². The third kappa shape index (κ3) is 1.68. The number of nitrogens with zero attached hydrogens (tertiary/aromatic N) is 1. The number of phenolic OH excluding ortho intramolecular Hbond substituents is 1. The number of benzene rings is 1. The van der Waals surface area contributed by atoms with Crippen molar-refractivity contribution in [2.45, 2.75) is 36.2 Å². The Labute approximate surface area is 146 Å². The lowest BCUT2D eigenvalue weighted by Gasteiger charge is -2.62. The van der Waals surface area contributed by atoms with Gasteiger partial charge in [-0.25, -0.2) is 0 Å². The Morgan fingerprint density at radius 3 is 3.04 bits per heavy atom. The van der Waals surface area contributed by atoms with Crippen LogP contribution in [0.25, 0.3) is 0 Å². The summed E-state index contributed by atoms with van der Waals surface area (Å²) in [7, 11) is 2.10. The molecule has 25 heavy (non-hydrogen) atoms. The molecule has 0 radical (unpaired) electrons. The second-order valence-corrected chi connectivity index (χ2v) is 7.71. The Balaban J connectivity index is 1.79. The first-order valence-corrected chi connectivity index (χ1v) is 8.98. The van der Waals surface area contributed by atoms with Gasteiger partial charge in [-0.15, -0.1) is 0 Å². The molecule has 4 N–H and O–H groups in total. The summed E-state index contributed by atoms with van der Waals surface area (Å²) >= 11 is 0. The molecule has 2 heterocycles. The van der Waals surface area contributed by atoms with E-state index in [-0.39, 0.29) is 23.2 Å². The summed E-state index contributed by atoms with van der Waals surface area (Å²) in [6.07, 6.45) is 4.41. The molecule has 1 saturated heterocycles. The average Bonchev–Trinajstić information content (AvgIpc) is 2.96. The molecule has 0 aromatic heterocycles. The molecule has 1 aromatic carbocycles. The van der Waals surface area contributed by atoms with Crippen LogP contribution in [-0.4, -0.2) is 59.8 Å². The van der Waals surface area contributed by atoms with E-state index in [1.807, 2.05) is 12.1 Å². The first-order valence-electron chi connectivity index (χ1n) is 8.98. The Morgan fingerprint density at radius 1 is 1.40 bits per heavy atom. The quantitative estimate of drug-likeness (QED) is 0.692. The predicted molar refractivity (Wildman–Crippen MR) is 91.5 cm³/mol. The second kappa shape index (κ2) is 4.98. The molecule has 6 heteroatoms. The van der Waals surface area contributed by atoms with Crippen molar-refractivity contribution in [2.24, 2.45) is 11.7 Å². The summed E-state index contributed by atoms with van der Waals surface area (Å²) in [6.45, 7) is 1.80. The SMILES string of the molecule is CN1CC[C@]23c4c5ccc(O)c4O[C@H]2[C@@H](O)C=C[C@H]3[C@@]1(OCCN)C5. The van der Waals surface area contributed by atoms with Gasteiger partial charge in [0.2, 0.25) is 0 Å². The molecule has 2 bridgehead atoms. The van der Waals surface area contributed by atoms with Gasteiger partial charge in [-0.2, -0.15) is 0 Å². The summed E-state index contributed by atoms with van der Waals surface area (Å²) < 4.78 is 12.6. The number of aromatic hydroxyl groups is 1. The standard InChI is InChI=1S/C19H24N2O4/c1-21-8-6-18-14-5-4-13(23)17(18)25-16-12(22)3-2-11(15(16)18)10-19(14,21)24-9-7-20/h2-5,13-14,17,22-23H,6-10,20H2,1H3/t13-,14+,17-,18-,19-/m0/s1. The van der Waals surface area contributed by atoms with Gasteiger partial charge in [0, 0.05) is 31.0 Å². The molecular formula is C19H24N2O4. The van der Waals surface area contributed by atoms with Gasteiger partial charge < -0.3 is 25.4 Å². The Morgan fingerprint density at radius 2 is 2.24 bits per heavy atom. The van der Waals surface area contributed by atoms with Crippen LogP contribution in [-0.2, 0) is 16.6 Å². The minimum absolute atomic E-state index is 0.0502. The van der Waals surface area contributed by atoms with Gasteiger partial charge in [0.15, 0.2) is 11.5 Å². The van der Waals surface area contributed by atoms with Crippen molar-refractivity contribution < 1.29 is 19.7 Å². The Bertz CT molecular complexity index is 766. The first kappa shape index (κ1) is 15.6. The molecule has 0 unspecified atom stereocenters. The Hall–Kier alpha value is -1.60. The third-order valence-electron chi connectivity index (χ3n) is 6.71. The molecule has 1 fully saturated rings. The molecule has 4 aliphatic rings. The van der Waals surface area contributed by atoms with E-state index in [4.69, 9.17) is 15.2 Å². The van der Waals surface area contributed by atoms with E-state index in [1.54, 1.807) is 6.07 Å². The minimum atomic E-state index is -0.690. The molecule has 1 aromatic rings. The zero-order chi connectivity index (χ0) is 17.4. The van der Waals surface area contributed by atoms with Gasteiger partial charge in [0.1, 0.15) is 17.9 Å². The summed E-state index contributed by atoms with van der Waals surface area (Å²) in [5.41, 5.74) is 7.09. The molecule has 2 aliphatic carbocycles. The monoisotopic (exact) mass is 344 g/mol. The maximum atomic E-state index is 10.6. The van der Waals surface area contributed by atoms with Crippen molar-refractivity contribution in [1.29, 1.82) is 0 Å². The van der Waals surface area contributed by atoms with E-state index in [0.717, 1.165) is 30.5 Å². The zero-order valence-electron chi connectivity index (χ0n) is 14.3. The van der Waals surface area contributed by atoms with Crippen molar-refractivity contribution in [3.05, 3.63) is 35.4 Å². The average molecular weight is 344 g/mol. The van der Waals surface area contributed by atoms with Crippen LogP contribution in [0.5, 0.6) is 11.5 Å². The van der Waals surface area contributed by atoms with E-state index >= 15 is 0 Å². The number of hydrogen-bond donors (Lipinski definition) is 3. The highest BCUT2D eigenvalue weighted by atomic mass is 16.5. The molecule has 0 amide bonds. The van der Waals surface area contributed by atoms with Crippen LogP contribution in [0.2, 0.25) is 0 Å². The van der Waals surface area contributed by atoms with Crippen LogP contribution in [0.15, 0.2) is 24.3 Å². The number of aliphatic hydroxyl groups is 1. The van der Waals surface area contributed by atoms with Crippen molar-refractivity contribution in [2.75, 3.05) is 26.7 Å². The highest BCUT2D eigenvalue weighted by Crippen LogP contribution is 2.65. The fraction of sp³-hybridized carbons (Fsp3) is 0.579. The van der Waals surface area contributed by atoms with E-state index in [9.17, 15) is 10.2 Å². The number of ether oxygens (including phenoxy) is 2. The molecular weight excluding hydrogens is 320 g/mol. The fourth-order valence-corrected chi connectivity index (χ4v) is 5.73. The number of phenols is 1. The normalized spacial score (nSPS) is 40.7. The lowest BCUT2D eigenvalue weighted by Crippen LogP contribution is -2.72. The van der Waals surface area contributed by atoms with Gasteiger partial charge in [-0.05, 0) is 25.1 Å².